The van der Waals surface area contributed by atoms with Crippen LogP contribution >= 0.6 is 11.6 Å². The summed E-state index contributed by atoms with van der Waals surface area (Å²) in [6, 6.07) is 5.22. The Morgan fingerprint density at radius 3 is 2.44 bits per heavy atom. The number of rotatable bonds is 5. The summed E-state index contributed by atoms with van der Waals surface area (Å²) in [4.78, 5) is 0.351. The van der Waals surface area contributed by atoms with Crippen molar-refractivity contribution < 1.29 is 8.42 Å². The molecule has 0 aliphatic rings. The van der Waals surface area contributed by atoms with E-state index in [0.29, 0.717) is 23.2 Å². The van der Waals surface area contributed by atoms with Crippen molar-refractivity contribution in [1.29, 1.82) is 0 Å². The van der Waals surface area contributed by atoms with Crippen molar-refractivity contribution in [3.63, 3.8) is 0 Å². The summed E-state index contributed by atoms with van der Waals surface area (Å²) in [6.45, 7) is 6.29. The molecule has 0 unspecified atom stereocenters. The summed E-state index contributed by atoms with van der Waals surface area (Å²) in [6.07, 6.45) is 0. The first kappa shape index (κ1) is 15.5. The Bertz CT molecular complexity index is 512. The van der Waals surface area contributed by atoms with Crippen molar-refractivity contribution >= 4 is 21.6 Å². The highest BCUT2D eigenvalue weighted by atomic mass is 35.5. The lowest BCUT2D eigenvalue weighted by molar-refractivity contribution is 0.417. The number of nitrogens with zero attached hydrogens (tertiary/aromatic N) is 1. The third kappa shape index (κ3) is 3.25. The molecule has 0 radical (unpaired) electrons. The molecule has 5 heteroatoms. The zero-order valence-electron chi connectivity index (χ0n) is 11.3. The molecule has 18 heavy (non-hydrogen) atoms. The quantitative estimate of drug-likeness (QED) is 0.782. The number of alkyl halides is 1. The van der Waals surface area contributed by atoms with E-state index in [9.17, 15) is 8.42 Å². The van der Waals surface area contributed by atoms with Gasteiger partial charge in [0.05, 0.1) is 4.90 Å². The highest BCUT2D eigenvalue weighted by molar-refractivity contribution is 7.89. The second-order valence-electron chi connectivity index (χ2n) is 4.85. The summed E-state index contributed by atoms with van der Waals surface area (Å²) < 4.78 is 26.3. The summed E-state index contributed by atoms with van der Waals surface area (Å²) in [5.41, 5.74) is 1.60. The van der Waals surface area contributed by atoms with Crippen molar-refractivity contribution in [3.05, 3.63) is 29.3 Å². The zero-order valence-corrected chi connectivity index (χ0v) is 12.8. The SMILES string of the molecule is Cc1c(CCl)cccc1S(=O)(=O)N(C)CC(C)C. The van der Waals surface area contributed by atoms with Gasteiger partial charge in [0, 0.05) is 19.5 Å². The van der Waals surface area contributed by atoms with E-state index in [1.165, 1.54) is 4.31 Å². The van der Waals surface area contributed by atoms with Gasteiger partial charge in [-0.1, -0.05) is 26.0 Å². The first-order valence-corrected chi connectivity index (χ1v) is 7.89. The molecule has 3 nitrogen and oxygen atoms in total. The molecule has 0 fully saturated rings. The van der Waals surface area contributed by atoms with Crippen LogP contribution in [0.2, 0.25) is 0 Å². The van der Waals surface area contributed by atoms with Gasteiger partial charge in [-0.15, -0.1) is 11.6 Å². The molecular formula is C13H20ClNO2S. The maximum Gasteiger partial charge on any atom is 0.243 e. The number of halogens is 1. The van der Waals surface area contributed by atoms with Crippen LogP contribution in [0.25, 0.3) is 0 Å². The topological polar surface area (TPSA) is 37.4 Å². The molecule has 0 bridgehead atoms. The fourth-order valence-electron chi connectivity index (χ4n) is 1.86. The molecule has 0 saturated carbocycles. The van der Waals surface area contributed by atoms with Gasteiger partial charge in [0.2, 0.25) is 10.0 Å². The van der Waals surface area contributed by atoms with Crippen molar-refractivity contribution in [1.82, 2.24) is 4.31 Å². The summed E-state index contributed by atoms with van der Waals surface area (Å²) >= 11 is 5.81. The van der Waals surface area contributed by atoms with Crippen LogP contribution in [0.5, 0.6) is 0 Å². The maximum absolute atomic E-state index is 12.4. The number of sulfonamides is 1. The molecular weight excluding hydrogens is 270 g/mol. The van der Waals surface area contributed by atoms with Crippen molar-refractivity contribution in [2.24, 2.45) is 5.92 Å². The average molecular weight is 290 g/mol. The lowest BCUT2D eigenvalue weighted by Crippen LogP contribution is -2.31. The Hall–Kier alpha value is -0.580. The van der Waals surface area contributed by atoms with Crippen molar-refractivity contribution in [3.8, 4) is 0 Å². The third-order valence-electron chi connectivity index (χ3n) is 2.85. The van der Waals surface area contributed by atoms with Crippen LogP contribution in [0.3, 0.4) is 0 Å². The first-order valence-electron chi connectivity index (χ1n) is 5.91. The molecule has 0 heterocycles. The van der Waals surface area contributed by atoms with Gasteiger partial charge in [-0.2, -0.15) is 0 Å². The van der Waals surface area contributed by atoms with Crippen molar-refractivity contribution in [2.45, 2.75) is 31.5 Å². The molecule has 0 amide bonds. The molecule has 0 spiro atoms. The van der Waals surface area contributed by atoms with Gasteiger partial charge in [-0.05, 0) is 30.0 Å². The molecule has 1 aromatic rings. The van der Waals surface area contributed by atoms with Gasteiger partial charge in [0.25, 0.3) is 0 Å². The van der Waals surface area contributed by atoms with Crippen LogP contribution < -0.4 is 0 Å². The van der Waals surface area contributed by atoms with Crippen LogP contribution in [0.4, 0.5) is 0 Å². The average Bonchev–Trinajstić information content (AvgIpc) is 2.28. The lowest BCUT2D eigenvalue weighted by Gasteiger charge is -2.21. The Labute approximate surface area is 115 Å². The second-order valence-corrected chi connectivity index (χ2v) is 7.13. The van der Waals surface area contributed by atoms with Gasteiger partial charge in [-0.3, -0.25) is 0 Å². The van der Waals surface area contributed by atoms with E-state index in [-0.39, 0.29) is 0 Å². The largest absolute Gasteiger partial charge is 0.243 e. The predicted molar refractivity (Wildman–Crippen MR) is 75.4 cm³/mol. The number of hydrogen-bond acceptors (Lipinski definition) is 2. The molecule has 102 valence electrons. The second kappa shape index (κ2) is 6.04. The van der Waals surface area contributed by atoms with Gasteiger partial charge >= 0.3 is 0 Å². The van der Waals surface area contributed by atoms with E-state index >= 15 is 0 Å². The van der Waals surface area contributed by atoms with Crippen LogP contribution in [0.15, 0.2) is 23.1 Å². The lowest BCUT2D eigenvalue weighted by atomic mass is 10.1. The van der Waals surface area contributed by atoms with E-state index in [0.717, 1.165) is 11.1 Å². The Balaban J connectivity index is 3.20. The smallest absolute Gasteiger partial charge is 0.207 e. The van der Waals surface area contributed by atoms with Crippen LogP contribution in [-0.4, -0.2) is 26.3 Å². The maximum atomic E-state index is 12.4. The Morgan fingerprint density at radius 1 is 1.33 bits per heavy atom. The van der Waals surface area contributed by atoms with Gasteiger partial charge in [0.15, 0.2) is 0 Å². The number of benzene rings is 1. The molecule has 0 N–H and O–H groups in total. The first-order chi connectivity index (χ1) is 8.30. The number of hydrogen-bond donors (Lipinski definition) is 0. The molecule has 0 saturated heterocycles. The molecule has 1 rings (SSSR count). The van der Waals surface area contributed by atoms with Gasteiger partial charge < -0.3 is 0 Å². The Kier molecular flexibility index (Phi) is 5.20. The van der Waals surface area contributed by atoms with E-state index in [4.69, 9.17) is 11.6 Å². The van der Waals surface area contributed by atoms with E-state index in [1.54, 1.807) is 26.1 Å². The molecule has 0 aromatic heterocycles. The predicted octanol–water partition coefficient (Wildman–Crippen LogP) is 3.01. The highest BCUT2D eigenvalue weighted by Gasteiger charge is 2.23. The molecule has 1 aromatic carbocycles. The van der Waals surface area contributed by atoms with Crippen LogP contribution in [0.1, 0.15) is 25.0 Å². The van der Waals surface area contributed by atoms with Crippen LogP contribution in [-0.2, 0) is 15.9 Å². The Morgan fingerprint density at radius 2 is 1.94 bits per heavy atom. The van der Waals surface area contributed by atoms with Gasteiger partial charge in [-0.25, -0.2) is 12.7 Å². The van der Waals surface area contributed by atoms with Gasteiger partial charge in [0.1, 0.15) is 0 Å². The zero-order chi connectivity index (χ0) is 13.9. The third-order valence-corrected chi connectivity index (χ3v) is 5.11. The van der Waals surface area contributed by atoms with Crippen molar-refractivity contribution in [2.75, 3.05) is 13.6 Å². The summed E-state index contributed by atoms with van der Waals surface area (Å²) in [5.74, 6) is 0.615. The van der Waals surface area contributed by atoms with Crippen LogP contribution in [0, 0.1) is 12.8 Å². The molecule has 0 aliphatic carbocycles. The molecule has 0 atom stereocenters. The normalized spacial score (nSPS) is 12.4. The minimum atomic E-state index is -3.42. The fraction of sp³-hybridized carbons (Fsp3) is 0.538. The summed E-state index contributed by atoms with van der Waals surface area (Å²) in [7, 11) is -1.81. The standard InChI is InChI=1S/C13H20ClNO2S/c1-10(2)9-15(4)18(16,17)13-7-5-6-12(8-14)11(13)3/h5-7,10H,8-9H2,1-4H3. The minimum Gasteiger partial charge on any atom is -0.207 e. The minimum absolute atomic E-state index is 0.293. The van der Waals surface area contributed by atoms with E-state index in [2.05, 4.69) is 0 Å². The summed E-state index contributed by atoms with van der Waals surface area (Å²) in [5, 5.41) is 0. The van der Waals surface area contributed by atoms with E-state index in [1.807, 2.05) is 19.9 Å². The fourth-order valence-corrected chi connectivity index (χ4v) is 3.75. The monoisotopic (exact) mass is 289 g/mol. The van der Waals surface area contributed by atoms with E-state index < -0.39 is 10.0 Å². The molecule has 0 aliphatic heterocycles. The highest BCUT2D eigenvalue weighted by Crippen LogP contribution is 2.23.